The summed E-state index contributed by atoms with van der Waals surface area (Å²) in [5, 5.41) is 0. The minimum Gasteiger partial charge on any atom is -0.469 e. The summed E-state index contributed by atoms with van der Waals surface area (Å²) in [5.41, 5.74) is 0.0490. The highest BCUT2D eigenvalue weighted by atomic mass is 32.2. The van der Waals surface area contributed by atoms with Gasteiger partial charge >= 0.3 is 5.97 Å². The van der Waals surface area contributed by atoms with Crippen molar-refractivity contribution in [2.24, 2.45) is 0 Å². The van der Waals surface area contributed by atoms with Gasteiger partial charge in [-0.05, 0) is 19.4 Å². The van der Waals surface area contributed by atoms with Crippen molar-refractivity contribution in [3.05, 3.63) is 35.4 Å². The van der Waals surface area contributed by atoms with E-state index in [1.54, 1.807) is 0 Å². The number of esters is 1. The number of methoxy groups -OCH3 is 1. The fourth-order valence-corrected chi connectivity index (χ4v) is 3.06. The molecule has 0 saturated carbocycles. The summed E-state index contributed by atoms with van der Waals surface area (Å²) in [6.45, 7) is 1.45. The molecule has 0 aromatic heterocycles. The molecular formula is C13H17F2NO4S. The van der Waals surface area contributed by atoms with Crippen molar-refractivity contribution in [3.63, 3.8) is 0 Å². The van der Waals surface area contributed by atoms with Crippen molar-refractivity contribution in [2.75, 3.05) is 12.9 Å². The molecule has 1 aromatic carbocycles. The van der Waals surface area contributed by atoms with E-state index in [1.807, 2.05) is 0 Å². The number of halogens is 2. The predicted molar refractivity (Wildman–Crippen MR) is 72.9 cm³/mol. The molecule has 0 amide bonds. The van der Waals surface area contributed by atoms with Crippen LogP contribution < -0.4 is 4.72 Å². The van der Waals surface area contributed by atoms with E-state index < -0.39 is 33.7 Å². The Labute approximate surface area is 122 Å². The van der Waals surface area contributed by atoms with Gasteiger partial charge in [0.1, 0.15) is 11.6 Å². The number of benzene rings is 1. The molecule has 8 heteroatoms. The fourth-order valence-electron chi connectivity index (χ4n) is 1.75. The van der Waals surface area contributed by atoms with Crippen LogP contribution >= 0.6 is 0 Å². The van der Waals surface area contributed by atoms with Crippen molar-refractivity contribution in [1.29, 1.82) is 0 Å². The Morgan fingerprint density at radius 3 is 2.62 bits per heavy atom. The van der Waals surface area contributed by atoms with Crippen molar-refractivity contribution >= 4 is 16.0 Å². The van der Waals surface area contributed by atoms with Gasteiger partial charge in [0.15, 0.2) is 0 Å². The van der Waals surface area contributed by atoms with Crippen LogP contribution in [0.5, 0.6) is 0 Å². The highest BCUT2D eigenvalue weighted by molar-refractivity contribution is 7.89. The Bertz CT molecular complexity index is 604. The second-order valence-electron chi connectivity index (χ2n) is 4.50. The van der Waals surface area contributed by atoms with E-state index in [4.69, 9.17) is 0 Å². The Balaban J connectivity index is 2.63. The van der Waals surface area contributed by atoms with E-state index in [-0.39, 0.29) is 24.2 Å². The van der Waals surface area contributed by atoms with Crippen LogP contribution in [0.25, 0.3) is 0 Å². The molecule has 118 valence electrons. The maximum absolute atomic E-state index is 13.5. The molecule has 0 heterocycles. The van der Waals surface area contributed by atoms with E-state index in [9.17, 15) is 22.0 Å². The average molecular weight is 321 g/mol. The number of rotatable bonds is 7. The maximum Gasteiger partial charge on any atom is 0.305 e. The number of hydrogen-bond donors (Lipinski definition) is 1. The third-order valence-corrected chi connectivity index (χ3v) is 4.35. The number of hydrogen-bond acceptors (Lipinski definition) is 4. The van der Waals surface area contributed by atoms with Gasteiger partial charge < -0.3 is 4.74 Å². The zero-order valence-electron chi connectivity index (χ0n) is 11.7. The lowest BCUT2D eigenvalue weighted by molar-refractivity contribution is -0.140. The molecule has 1 atom stereocenters. The summed E-state index contributed by atoms with van der Waals surface area (Å²) < 4.78 is 56.6. The van der Waals surface area contributed by atoms with Gasteiger partial charge in [0, 0.05) is 24.1 Å². The molecule has 1 rings (SSSR count). The summed E-state index contributed by atoms with van der Waals surface area (Å²) in [4.78, 5) is 10.9. The summed E-state index contributed by atoms with van der Waals surface area (Å²) in [7, 11) is -2.46. The number of carbonyl (C=O) groups excluding carboxylic acids is 1. The summed E-state index contributed by atoms with van der Waals surface area (Å²) in [5.74, 6) is -2.33. The average Bonchev–Trinajstić information content (AvgIpc) is 2.37. The monoisotopic (exact) mass is 321 g/mol. The molecule has 1 N–H and O–H groups in total. The van der Waals surface area contributed by atoms with Crippen molar-refractivity contribution in [2.45, 2.75) is 25.8 Å². The summed E-state index contributed by atoms with van der Waals surface area (Å²) in [6, 6.07) is 2.10. The highest BCUT2D eigenvalue weighted by Gasteiger charge is 2.19. The molecule has 0 saturated heterocycles. The van der Waals surface area contributed by atoms with Gasteiger partial charge in [0.25, 0.3) is 0 Å². The van der Waals surface area contributed by atoms with Gasteiger partial charge in [0.05, 0.1) is 12.9 Å². The molecule has 0 bridgehead atoms. The molecule has 1 unspecified atom stereocenters. The zero-order chi connectivity index (χ0) is 16.0. The van der Waals surface area contributed by atoms with Crippen LogP contribution in [-0.2, 0) is 19.6 Å². The molecule has 0 aliphatic rings. The number of sulfonamides is 1. The third-order valence-electron chi connectivity index (χ3n) is 2.81. The van der Waals surface area contributed by atoms with E-state index in [2.05, 4.69) is 9.46 Å². The Kier molecular flexibility index (Phi) is 6.22. The number of ether oxygens (including phenoxy) is 1. The second kappa shape index (κ2) is 7.46. The molecule has 21 heavy (non-hydrogen) atoms. The highest BCUT2D eigenvalue weighted by Crippen LogP contribution is 2.18. The molecule has 0 radical (unpaired) electrons. The Hall–Kier alpha value is -1.54. The Morgan fingerprint density at radius 1 is 1.38 bits per heavy atom. The smallest absolute Gasteiger partial charge is 0.305 e. The van der Waals surface area contributed by atoms with Crippen molar-refractivity contribution in [3.8, 4) is 0 Å². The normalized spacial score (nSPS) is 13.0. The topological polar surface area (TPSA) is 72.5 Å². The molecule has 0 aliphatic carbocycles. The largest absolute Gasteiger partial charge is 0.469 e. The molecule has 1 aromatic rings. The zero-order valence-corrected chi connectivity index (χ0v) is 12.5. The first-order valence-corrected chi connectivity index (χ1v) is 7.92. The lowest BCUT2D eigenvalue weighted by Crippen LogP contribution is -2.30. The first-order valence-electron chi connectivity index (χ1n) is 6.27. The quantitative estimate of drug-likeness (QED) is 0.779. The van der Waals surface area contributed by atoms with Gasteiger partial charge in [-0.15, -0.1) is 0 Å². The second-order valence-corrected chi connectivity index (χ2v) is 6.38. The van der Waals surface area contributed by atoms with Crippen LogP contribution in [0, 0.1) is 11.6 Å². The predicted octanol–water partition coefficient (Wildman–Crippen LogP) is 1.90. The van der Waals surface area contributed by atoms with Crippen LogP contribution in [-0.4, -0.2) is 27.2 Å². The van der Waals surface area contributed by atoms with Crippen LogP contribution in [0.3, 0.4) is 0 Å². The van der Waals surface area contributed by atoms with Crippen LogP contribution in [0.2, 0.25) is 0 Å². The van der Waals surface area contributed by atoms with E-state index >= 15 is 0 Å². The SMILES string of the molecule is COC(=O)CCCS(=O)(=O)NC(C)c1ccc(F)cc1F. The molecule has 0 spiro atoms. The third kappa shape index (κ3) is 5.76. The first kappa shape index (κ1) is 17.5. The van der Waals surface area contributed by atoms with Crippen LogP contribution in [0.1, 0.15) is 31.4 Å². The van der Waals surface area contributed by atoms with E-state index in [0.29, 0.717) is 6.07 Å². The molecular weight excluding hydrogens is 304 g/mol. The van der Waals surface area contributed by atoms with Crippen molar-refractivity contribution < 1.29 is 26.7 Å². The fraction of sp³-hybridized carbons (Fsp3) is 0.462. The molecule has 0 fully saturated rings. The molecule has 5 nitrogen and oxygen atoms in total. The van der Waals surface area contributed by atoms with Gasteiger partial charge in [-0.2, -0.15) is 0 Å². The van der Waals surface area contributed by atoms with Gasteiger partial charge in [-0.1, -0.05) is 6.07 Å². The summed E-state index contributed by atoms with van der Waals surface area (Å²) in [6.07, 6.45) is 0.0807. The number of nitrogens with one attached hydrogen (secondary N) is 1. The standard InChI is InChI=1S/C13H17F2NO4S/c1-9(11-6-5-10(14)8-12(11)15)16-21(18,19)7-3-4-13(17)20-2/h5-6,8-9,16H,3-4,7H2,1-2H3. The molecule has 0 aliphatic heterocycles. The van der Waals surface area contributed by atoms with Crippen LogP contribution in [0.15, 0.2) is 18.2 Å². The Morgan fingerprint density at radius 2 is 2.05 bits per heavy atom. The summed E-state index contributed by atoms with van der Waals surface area (Å²) >= 11 is 0. The maximum atomic E-state index is 13.5. The van der Waals surface area contributed by atoms with Gasteiger partial charge in [-0.3, -0.25) is 4.79 Å². The minimum absolute atomic E-state index is 0.0172. The lowest BCUT2D eigenvalue weighted by Gasteiger charge is -2.15. The van der Waals surface area contributed by atoms with Crippen LogP contribution in [0.4, 0.5) is 8.78 Å². The van der Waals surface area contributed by atoms with Gasteiger partial charge in [0.2, 0.25) is 10.0 Å². The van der Waals surface area contributed by atoms with Gasteiger partial charge in [-0.25, -0.2) is 21.9 Å². The van der Waals surface area contributed by atoms with E-state index in [1.165, 1.54) is 20.1 Å². The van der Waals surface area contributed by atoms with Crippen molar-refractivity contribution in [1.82, 2.24) is 4.72 Å². The number of carbonyl (C=O) groups is 1. The lowest BCUT2D eigenvalue weighted by atomic mass is 10.1. The minimum atomic E-state index is -3.68. The first-order chi connectivity index (χ1) is 9.75. The van der Waals surface area contributed by atoms with E-state index in [0.717, 1.165) is 6.07 Å².